The van der Waals surface area contributed by atoms with Crippen LogP contribution in [0.4, 0.5) is 0 Å². The molecule has 8 heteroatoms. The second-order valence-electron chi connectivity index (χ2n) is 9.57. The van der Waals surface area contributed by atoms with Crippen LogP contribution in [0.15, 0.2) is 18.2 Å². The number of hydrogen-bond acceptors (Lipinski definition) is 5. The van der Waals surface area contributed by atoms with Crippen LogP contribution in [0.3, 0.4) is 0 Å². The lowest BCUT2D eigenvalue weighted by molar-refractivity contribution is -0.160. The van der Waals surface area contributed by atoms with E-state index in [-0.39, 0.29) is 45.0 Å². The van der Waals surface area contributed by atoms with Gasteiger partial charge in [-0.3, -0.25) is 19.3 Å². The molecule has 1 aromatic rings. The first-order valence-corrected chi connectivity index (χ1v) is 12.8. The third-order valence-corrected chi connectivity index (χ3v) is 10.6. The zero-order valence-corrected chi connectivity index (χ0v) is 21.7. The molecular weight excluding hydrogens is 542 g/mol. The van der Waals surface area contributed by atoms with Gasteiger partial charge in [-0.15, -0.1) is 0 Å². The number of nitrogens with zero attached hydrogens (tertiary/aromatic N) is 1. The number of esters is 1. The Hall–Kier alpha value is -1.54. The predicted octanol–water partition coefficient (Wildman–Crippen LogP) is 3.83. The van der Waals surface area contributed by atoms with E-state index >= 15 is 0 Å². The van der Waals surface area contributed by atoms with Crippen LogP contribution in [0.5, 0.6) is 0 Å². The van der Waals surface area contributed by atoms with E-state index in [1.165, 1.54) is 0 Å². The van der Waals surface area contributed by atoms with E-state index in [2.05, 4.69) is 31.9 Å². The maximum Gasteiger partial charge on any atom is 0.330 e. The van der Waals surface area contributed by atoms with Crippen molar-refractivity contribution < 1.29 is 23.9 Å². The number of carbonyl (C=O) groups is 4. The van der Waals surface area contributed by atoms with Crippen molar-refractivity contribution in [2.75, 3.05) is 6.61 Å². The van der Waals surface area contributed by atoms with Gasteiger partial charge in [-0.1, -0.05) is 57.8 Å². The van der Waals surface area contributed by atoms with Gasteiger partial charge < -0.3 is 4.74 Å². The Kier molecular flexibility index (Phi) is 6.40. The number of rotatable bonds is 6. The van der Waals surface area contributed by atoms with Crippen LogP contribution in [0.25, 0.3) is 0 Å². The average molecular weight is 569 g/mol. The first-order valence-electron chi connectivity index (χ1n) is 11.0. The molecule has 3 fully saturated rings. The summed E-state index contributed by atoms with van der Waals surface area (Å²) in [7, 11) is 0. The second kappa shape index (κ2) is 8.67. The van der Waals surface area contributed by atoms with E-state index in [1.54, 1.807) is 26.0 Å². The highest BCUT2D eigenvalue weighted by Crippen LogP contribution is 2.60. The number of Topliss-reactive ketones (excluding diaryl/α,β-unsaturated/α-hetero) is 1. The maximum atomic E-state index is 13.3. The molecule has 7 atom stereocenters. The Bertz CT molecular complexity index is 961. The summed E-state index contributed by atoms with van der Waals surface area (Å²) < 4.78 is 5.34. The van der Waals surface area contributed by atoms with Gasteiger partial charge >= 0.3 is 5.97 Å². The number of likely N-dealkylation sites (tertiary alicyclic amines) is 1. The van der Waals surface area contributed by atoms with Crippen LogP contribution in [0.1, 0.15) is 41.8 Å². The van der Waals surface area contributed by atoms with Gasteiger partial charge in [0.25, 0.3) is 0 Å². The summed E-state index contributed by atoms with van der Waals surface area (Å²) in [4.78, 5) is 53.6. The van der Waals surface area contributed by atoms with Crippen LogP contribution in [-0.2, 0) is 19.1 Å². The number of hydrogen-bond donors (Lipinski definition) is 0. The third kappa shape index (κ3) is 3.67. The largest absolute Gasteiger partial charge is 0.456 e. The summed E-state index contributed by atoms with van der Waals surface area (Å²) in [6.07, 6.45) is 0.827. The lowest BCUT2D eigenvalue weighted by Crippen LogP contribution is -2.50. The number of alkyl halides is 2. The van der Waals surface area contributed by atoms with Crippen molar-refractivity contribution in [2.45, 2.75) is 49.8 Å². The molecule has 4 rings (SSSR count). The Balaban J connectivity index is 1.49. The molecule has 0 N–H and O–H groups in total. The molecule has 0 spiro atoms. The highest BCUT2D eigenvalue weighted by molar-refractivity contribution is 9.12. The summed E-state index contributed by atoms with van der Waals surface area (Å²) in [5.74, 6) is -2.56. The summed E-state index contributed by atoms with van der Waals surface area (Å²) in [5.41, 5.74) is 2.51. The lowest BCUT2D eigenvalue weighted by Gasteiger charge is -2.28. The fourth-order valence-electron chi connectivity index (χ4n) is 5.54. The number of ketones is 1. The van der Waals surface area contributed by atoms with Gasteiger partial charge in [0.15, 0.2) is 12.4 Å². The number of aryl methyl sites for hydroxylation is 2. The lowest BCUT2D eigenvalue weighted by atomic mass is 9.81. The number of benzene rings is 1. The summed E-state index contributed by atoms with van der Waals surface area (Å²) >= 11 is 7.35. The van der Waals surface area contributed by atoms with E-state index in [0.29, 0.717) is 5.56 Å². The quantitative estimate of drug-likeness (QED) is 0.225. The number of ether oxygens (including phenoxy) is 1. The second-order valence-corrected chi connectivity index (χ2v) is 11.7. The van der Waals surface area contributed by atoms with E-state index in [0.717, 1.165) is 22.4 Å². The maximum absolute atomic E-state index is 13.3. The number of amides is 2. The molecule has 1 aromatic carbocycles. The smallest absolute Gasteiger partial charge is 0.330 e. The molecule has 0 unspecified atom stereocenters. The predicted molar refractivity (Wildman–Crippen MR) is 126 cm³/mol. The highest BCUT2D eigenvalue weighted by atomic mass is 79.9. The van der Waals surface area contributed by atoms with Crippen molar-refractivity contribution in [3.63, 3.8) is 0 Å². The molecule has 1 aliphatic heterocycles. The molecule has 2 aliphatic carbocycles. The molecule has 172 valence electrons. The van der Waals surface area contributed by atoms with Gasteiger partial charge in [0.05, 0.1) is 11.8 Å². The SMILES string of the molecule is Cc1ccc(C(=O)COC(=O)[C@H](C(C)C)N2C(=O)[C@@H]3[C@H]4C[C@@H]([C@H](Br)[C@H]4Br)[C@@H]3C2=O)cc1C. The molecule has 2 bridgehead atoms. The normalized spacial score (nSPS) is 31.9. The molecule has 0 aromatic heterocycles. The van der Waals surface area contributed by atoms with Crippen molar-refractivity contribution >= 4 is 55.4 Å². The van der Waals surface area contributed by atoms with Crippen molar-refractivity contribution in [3.8, 4) is 0 Å². The molecule has 1 heterocycles. The highest BCUT2D eigenvalue weighted by Gasteiger charge is 2.67. The summed E-state index contributed by atoms with van der Waals surface area (Å²) in [6.45, 7) is 7.00. The molecular formula is C24H27Br2NO5. The topological polar surface area (TPSA) is 80.8 Å². The van der Waals surface area contributed by atoms with Gasteiger partial charge in [0, 0.05) is 15.2 Å². The first kappa shape index (κ1) is 23.6. The molecule has 0 radical (unpaired) electrons. The van der Waals surface area contributed by atoms with Crippen LogP contribution in [-0.4, -0.2) is 50.8 Å². The number of fused-ring (bicyclic) bond motifs is 5. The third-order valence-electron chi connectivity index (χ3n) is 7.35. The molecule has 1 saturated heterocycles. The summed E-state index contributed by atoms with van der Waals surface area (Å²) in [6, 6.07) is 4.29. The van der Waals surface area contributed by atoms with Gasteiger partial charge in [0.2, 0.25) is 11.8 Å². The zero-order chi connectivity index (χ0) is 23.5. The summed E-state index contributed by atoms with van der Waals surface area (Å²) in [5, 5.41) is 0. The monoisotopic (exact) mass is 567 g/mol. The molecule has 2 amide bonds. The minimum Gasteiger partial charge on any atom is -0.456 e. The van der Waals surface area contributed by atoms with Crippen molar-refractivity contribution in [3.05, 3.63) is 34.9 Å². The number of carbonyl (C=O) groups excluding carboxylic acids is 4. The number of imide groups is 1. The minimum absolute atomic E-state index is 0.0750. The Labute approximate surface area is 204 Å². The van der Waals surface area contributed by atoms with E-state index < -0.39 is 30.5 Å². The van der Waals surface area contributed by atoms with Crippen LogP contribution < -0.4 is 0 Å². The zero-order valence-electron chi connectivity index (χ0n) is 18.5. The van der Waals surface area contributed by atoms with Gasteiger partial charge in [0.1, 0.15) is 6.04 Å². The van der Waals surface area contributed by atoms with Crippen molar-refractivity contribution in [1.82, 2.24) is 4.90 Å². The van der Waals surface area contributed by atoms with Crippen LogP contribution in [0, 0.1) is 43.4 Å². The van der Waals surface area contributed by atoms with Crippen molar-refractivity contribution in [1.29, 1.82) is 0 Å². The molecule has 2 saturated carbocycles. The Morgan fingerprint density at radius 3 is 2.09 bits per heavy atom. The minimum atomic E-state index is -1.03. The van der Waals surface area contributed by atoms with E-state index in [4.69, 9.17) is 4.74 Å². The Morgan fingerprint density at radius 1 is 1.03 bits per heavy atom. The molecule has 32 heavy (non-hydrogen) atoms. The Morgan fingerprint density at radius 2 is 1.59 bits per heavy atom. The molecule has 3 aliphatic rings. The van der Waals surface area contributed by atoms with Gasteiger partial charge in [-0.05, 0) is 55.2 Å². The van der Waals surface area contributed by atoms with E-state index in [9.17, 15) is 19.2 Å². The van der Waals surface area contributed by atoms with Gasteiger partial charge in [-0.2, -0.15) is 0 Å². The van der Waals surface area contributed by atoms with Gasteiger partial charge in [-0.25, -0.2) is 4.79 Å². The standard InChI is InChI=1S/C24H27Br2NO5/c1-10(2)21(24(31)32-9-16(28)13-6-5-11(3)12(4)7-13)27-22(29)17-14-8-15(18(17)23(27)30)20(26)19(14)25/h5-7,10,14-15,17-21H,8-9H2,1-4H3/t14-,15-,17-,18+,19+,20+,21+/m1/s1. The number of halogens is 2. The fourth-order valence-corrected chi connectivity index (χ4v) is 7.42. The van der Waals surface area contributed by atoms with Crippen molar-refractivity contribution in [2.24, 2.45) is 29.6 Å². The van der Waals surface area contributed by atoms with E-state index in [1.807, 2.05) is 19.9 Å². The van der Waals surface area contributed by atoms with Crippen LogP contribution in [0.2, 0.25) is 0 Å². The first-order chi connectivity index (χ1) is 15.0. The fraction of sp³-hybridized carbons (Fsp3) is 0.583. The average Bonchev–Trinajstić information content (AvgIpc) is 3.34. The molecule has 6 nitrogen and oxygen atoms in total. The van der Waals surface area contributed by atoms with Crippen LogP contribution >= 0.6 is 31.9 Å².